The maximum absolute atomic E-state index is 13.5. The molecular weight excluding hydrogens is 295 g/mol. The molecule has 0 heterocycles. The van der Waals surface area contributed by atoms with Gasteiger partial charge in [-0.1, -0.05) is 13.8 Å². The highest BCUT2D eigenvalue weighted by atomic mass is 32.2. The van der Waals surface area contributed by atoms with Crippen LogP contribution in [0.15, 0.2) is 23.1 Å². The van der Waals surface area contributed by atoms with Crippen LogP contribution in [0.2, 0.25) is 0 Å². The van der Waals surface area contributed by atoms with Gasteiger partial charge >= 0.3 is 0 Å². The summed E-state index contributed by atoms with van der Waals surface area (Å²) in [7, 11) is -3.78. The lowest BCUT2D eigenvalue weighted by molar-refractivity contribution is 0.219. The maximum atomic E-state index is 13.5. The fourth-order valence-electron chi connectivity index (χ4n) is 2.30. The van der Waals surface area contributed by atoms with Crippen molar-refractivity contribution < 1.29 is 17.9 Å². The van der Waals surface area contributed by atoms with Crippen LogP contribution in [0.5, 0.6) is 0 Å². The minimum absolute atomic E-state index is 0.00435. The van der Waals surface area contributed by atoms with E-state index in [1.165, 1.54) is 16.4 Å². The Morgan fingerprint density at radius 2 is 1.95 bits per heavy atom. The van der Waals surface area contributed by atoms with E-state index in [9.17, 15) is 12.8 Å². The molecule has 0 saturated carbocycles. The number of hydrogen-bond acceptors (Lipinski definition) is 4. The quantitative estimate of drug-likeness (QED) is 0.760. The smallest absolute Gasteiger partial charge is 0.243 e. The van der Waals surface area contributed by atoms with Gasteiger partial charge in [0, 0.05) is 24.7 Å². The predicted octanol–water partition coefficient (Wildman–Crippen LogP) is 1.46. The van der Waals surface area contributed by atoms with E-state index < -0.39 is 15.8 Å². The summed E-state index contributed by atoms with van der Waals surface area (Å²) in [5.74, 6) is -0.521. The zero-order valence-corrected chi connectivity index (χ0v) is 13.2. The van der Waals surface area contributed by atoms with Crippen molar-refractivity contribution >= 4 is 10.0 Å². The number of aliphatic hydroxyl groups excluding tert-OH is 1. The van der Waals surface area contributed by atoms with Gasteiger partial charge in [-0.15, -0.1) is 0 Å². The topological polar surface area (TPSA) is 83.6 Å². The molecule has 0 unspecified atom stereocenters. The Bertz CT molecular complexity index is 559. The number of aliphatic hydroxyl groups is 1. The van der Waals surface area contributed by atoms with Crippen LogP contribution in [0.25, 0.3) is 0 Å². The molecule has 0 aliphatic heterocycles. The van der Waals surface area contributed by atoms with Crippen molar-refractivity contribution in [2.24, 2.45) is 5.73 Å². The normalized spacial score (nSPS) is 12.3. The van der Waals surface area contributed by atoms with Gasteiger partial charge in [0.2, 0.25) is 10.0 Å². The third-order valence-corrected chi connectivity index (χ3v) is 5.46. The highest BCUT2D eigenvalue weighted by molar-refractivity contribution is 7.89. The van der Waals surface area contributed by atoms with E-state index in [4.69, 9.17) is 10.8 Å². The Morgan fingerprint density at radius 3 is 2.43 bits per heavy atom. The standard InChI is InChI=1S/C14H23FN2O3S/c1-3-12(4-2)17(7-8-18)21(19,20)13-5-6-14(15)11(9-13)10-16/h5-6,9,12,18H,3-4,7-8,10,16H2,1-2H3. The number of sulfonamides is 1. The Balaban J connectivity index is 3.28. The lowest BCUT2D eigenvalue weighted by Crippen LogP contribution is -2.41. The van der Waals surface area contributed by atoms with Crippen LogP contribution in [0, 0.1) is 5.82 Å². The average molecular weight is 318 g/mol. The predicted molar refractivity (Wildman–Crippen MR) is 79.6 cm³/mol. The molecule has 0 aliphatic carbocycles. The van der Waals surface area contributed by atoms with Gasteiger partial charge in [0.15, 0.2) is 0 Å². The van der Waals surface area contributed by atoms with Gasteiger partial charge in [-0.2, -0.15) is 4.31 Å². The first-order valence-corrected chi connectivity index (χ1v) is 8.47. The molecule has 0 fully saturated rings. The van der Waals surface area contributed by atoms with Crippen LogP contribution < -0.4 is 5.73 Å². The minimum atomic E-state index is -3.78. The first-order chi connectivity index (χ1) is 9.92. The second kappa shape index (κ2) is 7.84. The minimum Gasteiger partial charge on any atom is -0.395 e. The second-order valence-corrected chi connectivity index (χ2v) is 6.66. The van der Waals surface area contributed by atoms with E-state index in [1.54, 1.807) is 0 Å². The van der Waals surface area contributed by atoms with E-state index in [2.05, 4.69) is 0 Å². The summed E-state index contributed by atoms with van der Waals surface area (Å²) in [6.07, 6.45) is 1.28. The number of benzene rings is 1. The molecule has 0 atom stereocenters. The summed E-state index contributed by atoms with van der Waals surface area (Å²) in [5.41, 5.74) is 5.58. The molecule has 1 aromatic carbocycles. The third-order valence-electron chi connectivity index (χ3n) is 3.51. The van der Waals surface area contributed by atoms with Gasteiger partial charge in [-0.25, -0.2) is 12.8 Å². The molecule has 1 aromatic rings. The lowest BCUT2D eigenvalue weighted by atomic mass is 10.2. The number of rotatable bonds is 8. The summed E-state index contributed by atoms with van der Waals surface area (Å²) >= 11 is 0. The third kappa shape index (κ3) is 4.00. The van der Waals surface area contributed by atoms with Gasteiger partial charge in [0.05, 0.1) is 11.5 Å². The molecule has 3 N–H and O–H groups in total. The van der Waals surface area contributed by atoms with Crippen LogP contribution in [0.4, 0.5) is 4.39 Å². The van der Waals surface area contributed by atoms with Gasteiger partial charge in [-0.3, -0.25) is 0 Å². The van der Waals surface area contributed by atoms with E-state index in [0.29, 0.717) is 12.8 Å². The molecule has 120 valence electrons. The van der Waals surface area contributed by atoms with E-state index in [1.807, 2.05) is 13.8 Å². The zero-order valence-electron chi connectivity index (χ0n) is 12.4. The van der Waals surface area contributed by atoms with Crippen molar-refractivity contribution in [3.05, 3.63) is 29.6 Å². The highest BCUT2D eigenvalue weighted by Gasteiger charge is 2.29. The summed E-state index contributed by atoms with van der Waals surface area (Å²) in [5, 5.41) is 9.15. The highest BCUT2D eigenvalue weighted by Crippen LogP contribution is 2.23. The number of hydrogen-bond donors (Lipinski definition) is 2. The van der Waals surface area contributed by atoms with Gasteiger partial charge in [0.25, 0.3) is 0 Å². The summed E-state index contributed by atoms with van der Waals surface area (Å²) in [4.78, 5) is 0.00435. The molecule has 0 aliphatic rings. The van der Waals surface area contributed by atoms with E-state index in [-0.39, 0.29) is 36.2 Å². The largest absolute Gasteiger partial charge is 0.395 e. The fraction of sp³-hybridized carbons (Fsp3) is 0.571. The van der Waals surface area contributed by atoms with E-state index >= 15 is 0 Å². The first kappa shape index (κ1) is 18.0. The second-order valence-electron chi connectivity index (χ2n) is 4.77. The van der Waals surface area contributed by atoms with Gasteiger partial charge in [0.1, 0.15) is 5.82 Å². The molecule has 0 radical (unpaired) electrons. The van der Waals surface area contributed by atoms with Crippen molar-refractivity contribution in [2.45, 2.75) is 44.2 Å². The molecular formula is C14H23FN2O3S. The molecule has 0 saturated heterocycles. The molecule has 7 heteroatoms. The monoisotopic (exact) mass is 318 g/mol. The van der Waals surface area contributed by atoms with E-state index in [0.717, 1.165) is 6.07 Å². The zero-order chi connectivity index (χ0) is 16.0. The van der Waals surface area contributed by atoms with Crippen molar-refractivity contribution in [3.8, 4) is 0 Å². The molecule has 1 rings (SSSR count). The lowest BCUT2D eigenvalue weighted by Gasteiger charge is -2.29. The number of nitrogens with two attached hydrogens (primary N) is 1. The van der Waals surface area contributed by atoms with Gasteiger partial charge in [-0.05, 0) is 31.0 Å². The Labute approximate surface area is 125 Å². The Hall–Kier alpha value is -1.02. The molecule has 0 bridgehead atoms. The molecule has 5 nitrogen and oxygen atoms in total. The fourth-order valence-corrected chi connectivity index (χ4v) is 4.11. The Kier molecular flexibility index (Phi) is 6.73. The summed E-state index contributed by atoms with van der Waals surface area (Å²) < 4.78 is 40.2. The van der Waals surface area contributed by atoms with Crippen LogP contribution >= 0.6 is 0 Å². The molecule has 0 amide bonds. The number of halogens is 1. The van der Waals surface area contributed by atoms with Crippen LogP contribution in [0.1, 0.15) is 32.3 Å². The SMILES string of the molecule is CCC(CC)N(CCO)S(=O)(=O)c1ccc(F)c(CN)c1. The van der Waals surface area contributed by atoms with Crippen molar-refractivity contribution in [1.29, 1.82) is 0 Å². The van der Waals surface area contributed by atoms with Crippen molar-refractivity contribution in [3.63, 3.8) is 0 Å². The van der Waals surface area contributed by atoms with Crippen LogP contribution in [-0.4, -0.2) is 37.0 Å². The summed E-state index contributed by atoms with van der Waals surface area (Å²) in [6, 6.07) is 3.40. The maximum Gasteiger partial charge on any atom is 0.243 e. The van der Waals surface area contributed by atoms with Crippen molar-refractivity contribution in [1.82, 2.24) is 4.31 Å². The average Bonchev–Trinajstić information content (AvgIpc) is 2.47. The molecule has 0 aromatic heterocycles. The Morgan fingerprint density at radius 1 is 1.33 bits per heavy atom. The van der Waals surface area contributed by atoms with Crippen LogP contribution in [-0.2, 0) is 16.6 Å². The van der Waals surface area contributed by atoms with Crippen molar-refractivity contribution in [2.75, 3.05) is 13.2 Å². The molecule has 21 heavy (non-hydrogen) atoms. The van der Waals surface area contributed by atoms with Crippen LogP contribution in [0.3, 0.4) is 0 Å². The molecule has 0 spiro atoms. The van der Waals surface area contributed by atoms with Gasteiger partial charge < -0.3 is 10.8 Å². The summed E-state index contributed by atoms with van der Waals surface area (Å²) in [6.45, 7) is 3.47. The number of nitrogens with zero attached hydrogens (tertiary/aromatic N) is 1. The first-order valence-electron chi connectivity index (χ1n) is 7.03.